The van der Waals surface area contributed by atoms with Crippen molar-refractivity contribution < 1.29 is 8.42 Å². The minimum atomic E-state index is -3.41. The number of rotatable bonds is 3. The molecular formula is C18H23N3O2S. The van der Waals surface area contributed by atoms with Gasteiger partial charge in [0, 0.05) is 42.6 Å². The fraction of sp³-hybridized carbons (Fsp3) is 0.444. The maximum absolute atomic E-state index is 12.9. The van der Waals surface area contributed by atoms with Gasteiger partial charge in [0.2, 0.25) is 0 Å². The molecule has 0 bridgehead atoms. The molecule has 5 nitrogen and oxygen atoms in total. The van der Waals surface area contributed by atoms with Crippen molar-refractivity contribution in [3.05, 3.63) is 30.3 Å². The molecule has 0 radical (unpaired) electrons. The van der Waals surface area contributed by atoms with Crippen molar-refractivity contribution in [3.63, 3.8) is 0 Å². The Balaban J connectivity index is 1.91. The van der Waals surface area contributed by atoms with E-state index in [1.165, 1.54) is 0 Å². The Hall–Kier alpha value is -1.79. The molecular weight excluding hydrogens is 322 g/mol. The van der Waals surface area contributed by atoms with Gasteiger partial charge in [-0.05, 0) is 37.6 Å². The molecule has 4 rings (SSSR count). The molecule has 1 N–H and O–H groups in total. The van der Waals surface area contributed by atoms with Crippen molar-refractivity contribution in [2.45, 2.75) is 24.7 Å². The van der Waals surface area contributed by atoms with Gasteiger partial charge in [0.1, 0.15) is 0 Å². The molecule has 2 aliphatic heterocycles. The second-order valence-electron chi connectivity index (χ2n) is 6.45. The summed E-state index contributed by atoms with van der Waals surface area (Å²) in [4.78, 5) is 2.83. The summed E-state index contributed by atoms with van der Waals surface area (Å²) >= 11 is 0. The van der Waals surface area contributed by atoms with Crippen molar-refractivity contribution in [1.29, 1.82) is 0 Å². The smallest absolute Gasteiger partial charge is 0.265 e. The first-order chi connectivity index (χ1) is 11.6. The zero-order valence-corrected chi connectivity index (χ0v) is 14.8. The molecule has 0 unspecified atom stereocenters. The topological polar surface area (TPSA) is 52.6 Å². The second kappa shape index (κ2) is 5.93. The highest BCUT2D eigenvalue weighted by Gasteiger charge is 2.35. The summed E-state index contributed by atoms with van der Waals surface area (Å²) in [7, 11) is -3.41. The van der Waals surface area contributed by atoms with E-state index in [-0.39, 0.29) is 0 Å². The first-order valence-corrected chi connectivity index (χ1v) is 10.1. The zero-order chi connectivity index (χ0) is 16.7. The molecule has 0 aromatic heterocycles. The van der Waals surface area contributed by atoms with Crippen LogP contribution in [0.4, 0.5) is 11.4 Å². The molecule has 0 spiro atoms. The fourth-order valence-electron chi connectivity index (χ4n) is 3.82. The van der Waals surface area contributed by atoms with Crippen molar-refractivity contribution in [3.8, 4) is 0 Å². The van der Waals surface area contributed by atoms with Gasteiger partial charge in [0.15, 0.2) is 0 Å². The molecule has 2 aromatic rings. The van der Waals surface area contributed by atoms with Gasteiger partial charge in [-0.25, -0.2) is 8.42 Å². The fourth-order valence-corrected chi connectivity index (χ4v) is 5.61. The molecule has 24 heavy (non-hydrogen) atoms. The van der Waals surface area contributed by atoms with Gasteiger partial charge in [0.25, 0.3) is 10.0 Å². The Morgan fingerprint density at radius 3 is 2.75 bits per heavy atom. The highest BCUT2D eigenvalue weighted by molar-refractivity contribution is 7.93. The molecule has 1 saturated heterocycles. The third-order valence-electron chi connectivity index (χ3n) is 4.90. The number of benzene rings is 2. The van der Waals surface area contributed by atoms with E-state index >= 15 is 0 Å². The standard InChI is InChI=1S/C18H23N3O2S/c1-2-11-21-16-8-7-15(20-12-4-9-19-10-13-20)14-5-3-6-17(18(14)16)24(21,22)23/h3,5-8,19H,2,4,9-13H2,1H3. The van der Waals surface area contributed by atoms with Crippen LogP contribution in [0.15, 0.2) is 35.2 Å². The summed E-state index contributed by atoms with van der Waals surface area (Å²) in [6, 6.07) is 9.75. The van der Waals surface area contributed by atoms with E-state index in [4.69, 9.17) is 0 Å². The van der Waals surface area contributed by atoms with Gasteiger partial charge >= 0.3 is 0 Å². The van der Waals surface area contributed by atoms with Crippen molar-refractivity contribution >= 4 is 32.2 Å². The summed E-state index contributed by atoms with van der Waals surface area (Å²) < 4.78 is 27.4. The van der Waals surface area contributed by atoms with Crippen LogP contribution < -0.4 is 14.5 Å². The van der Waals surface area contributed by atoms with Crippen molar-refractivity contribution in [2.24, 2.45) is 0 Å². The van der Waals surface area contributed by atoms with Gasteiger partial charge < -0.3 is 10.2 Å². The molecule has 2 aromatic carbocycles. The number of nitrogens with one attached hydrogen (secondary N) is 1. The molecule has 2 heterocycles. The molecule has 6 heteroatoms. The summed E-state index contributed by atoms with van der Waals surface area (Å²) in [6.45, 7) is 6.48. The van der Waals surface area contributed by atoms with E-state index in [1.807, 2.05) is 19.1 Å². The van der Waals surface area contributed by atoms with E-state index in [0.717, 1.165) is 61.2 Å². The van der Waals surface area contributed by atoms with Crippen LogP contribution in [0.1, 0.15) is 19.8 Å². The monoisotopic (exact) mass is 345 g/mol. The van der Waals surface area contributed by atoms with Gasteiger partial charge in [-0.15, -0.1) is 0 Å². The molecule has 0 saturated carbocycles. The Bertz CT molecular complexity index is 871. The molecule has 2 aliphatic rings. The lowest BCUT2D eigenvalue weighted by molar-refractivity contribution is 0.593. The maximum atomic E-state index is 12.9. The molecule has 0 amide bonds. The molecule has 128 valence electrons. The van der Waals surface area contributed by atoms with E-state index < -0.39 is 10.0 Å². The summed E-state index contributed by atoms with van der Waals surface area (Å²) in [5, 5.41) is 5.36. The van der Waals surface area contributed by atoms with Gasteiger partial charge in [-0.3, -0.25) is 4.31 Å². The number of hydrogen-bond donors (Lipinski definition) is 1. The lowest BCUT2D eigenvalue weighted by Gasteiger charge is -2.25. The lowest BCUT2D eigenvalue weighted by atomic mass is 10.1. The van der Waals surface area contributed by atoms with Crippen LogP contribution >= 0.6 is 0 Å². The lowest BCUT2D eigenvalue weighted by Crippen LogP contribution is -2.28. The Labute approximate surface area is 143 Å². The minimum Gasteiger partial charge on any atom is -0.370 e. The normalized spacial score (nSPS) is 19.7. The molecule has 1 fully saturated rings. The van der Waals surface area contributed by atoms with E-state index in [2.05, 4.69) is 22.3 Å². The first kappa shape index (κ1) is 15.7. The summed E-state index contributed by atoms with van der Waals surface area (Å²) in [5.74, 6) is 0. The Morgan fingerprint density at radius 2 is 1.92 bits per heavy atom. The highest BCUT2D eigenvalue weighted by Crippen LogP contribution is 2.45. The maximum Gasteiger partial charge on any atom is 0.265 e. The second-order valence-corrected chi connectivity index (χ2v) is 8.28. The van der Waals surface area contributed by atoms with E-state index in [9.17, 15) is 8.42 Å². The van der Waals surface area contributed by atoms with Gasteiger partial charge in [-0.2, -0.15) is 0 Å². The third-order valence-corrected chi connectivity index (χ3v) is 6.76. The SMILES string of the molecule is CCCN1c2ccc(N3CCCNCC3)c3cccc(c23)S1(=O)=O. The van der Waals surface area contributed by atoms with Crippen LogP contribution in [0.2, 0.25) is 0 Å². The van der Waals surface area contributed by atoms with Crippen LogP contribution in [0.3, 0.4) is 0 Å². The van der Waals surface area contributed by atoms with Crippen LogP contribution in [-0.4, -0.2) is 41.1 Å². The first-order valence-electron chi connectivity index (χ1n) is 8.68. The van der Waals surface area contributed by atoms with Gasteiger partial charge in [0.05, 0.1) is 10.6 Å². The van der Waals surface area contributed by atoms with Crippen molar-refractivity contribution in [1.82, 2.24) is 5.32 Å². The minimum absolute atomic E-state index is 0.457. The summed E-state index contributed by atoms with van der Waals surface area (Å²) in [5.41, 5.74) is 1.98. The Morgan fingerprint density at radius 1 is 1.08 bits per heavy atom. The summed E-state index contributed by atoms with van der Waals surface area (Å²) in [6.07, 6.45) is 1.90. The van der Waals surface area contributed by atoms with Crippen LogP contribution in [0.5, 0.6) is 0 Å². The third kappa shape index (κ3) is 2.28. The zero-order valence-electron chi connectivity index (χ0n) is 14.0. The predicted octanol–water partition coefficient (Wildman–Crippen LogP) is 2.56. The average Bonchev–Trinajstić information content (AvgIpc) is 2.79. The van der Waals surface area contributed by atoms with E-state index in [0.29, 0.717) is 11.4 Å². The highest BCUT2D eigenvalue weighted by atomic mass is 32.2. The van der Waals surface area contributed by atoms with E-state index in [1.54, 1.807) is 10.4 Å². The molecule has 0 atom stereocenters. The number of hydrogen-bond acceptors (Lipinski definition) is 4. The quantitative estimate of drug-likeness (QED) is 0.929. The Kier molecular flexibility index (Phi) is 3.89. The van der Waals surface area contributed by atoms with Crippen molar-refractivity contribution in [2.75, 3.05) is 41.9 Å². The van der Waals surface area contributed by atoms with Gasteiger partial charge in [-0.1, -0.05) is 19.1 Å². The van der Waals surface area contributed by atoms with Crippen LogP contribution in [0, 0.1) is 0 Å². The number of anilines is 2. The average molecular weight is 345 g/mol. The number of nitrogens with zero attached hydrogens (tertiary/aromatic N) is 2. The van der Waals surface area contributed by atoms with Crippen LogP contribution in [0.25, 0.3) is 10.8 Å². The predicted molar refractivity (Wildman–Crippen MR) is 98.5 cm³/mol. The van der Waals surface area contributed by atoms with Crippen LogP contribution in [-0.2, 0) is 10.0 Å². The number of sulfonamides is 1. The molecule has 0 aliphatic carbocycles. The largest absolute Gasteiger partial charge is 0.370 e.